The molecule has 0 aromatic rings. The fraction of sp³-hybridized carbons (Fsp3) is 1.00. The van der Waals surface area contributed by atoms with Gasteiger partial charge in [0.1, 0.15) is 0 Å². The number of nitrogens with zero attached hydrogens (tertiary/aromatic N) is 1. The second kappa shape index (κ2) is 2.70. The van der Waals surface area contributed by atoms with Crippen molar-refractivity contribution in [2.75, 3.05) is 12.8 Å². The molecule has 1 aliphatic carbocycles. The lowest BCUT2D eigenvalue weighted by Crippen LogP contribution is -2.43. The van der Waals surface area contributed by atoms with Crippen LogP contribution in [0.3, 0.4) is 0 Å². The maximum Gasteiger partial charge on any atom is 0.211 e. The standard InChI is InChI=1S/C9H17NO2S/c1-6(2)9-7-4-8(9)10(5-7)13(3,11)12/h6-9H,4-5H2,1-3H3/t7-,8-,9-/m1/s1. The smallest absolute Gasteiger partial charge is 0.211 e. The molecule has 4 heteroatoms. The molecule has 3 rings (SSSR count). The summed E-state index contributed by atoms with van der Waals surface area (Å²) < 4.78 is 24.4. The highest BCUT2D eigenvalue weighted by Crippen LogP contribution is 2.50. The van der Waals surface area contributed by atoms with Crippen LogP contribution in [0.15, 0.2) is 0 Å². The average Bonchev–Trinajstić information content (AvgIpc) is 2.34. The highest BCUT2D eigenvalue weighted by Gasteiger charge is 2.55. The fourth-order valence-corrected chi connectivity index (χ4v) is 4.17. The van der Waals surface area contributed by atoms with Crippen molar-refractivity contribution in [2.45, 2.75) is 26.3 Å². The second-order valence-electron chi connectivity index (χ2n) is 4.72. The van der Waals surface area contributed by atoms with Gasteiger partial charge in [0, 0.05) is 12.6 Å². The van der Waals surface area contributed by atoms with Gasteiger partial charge < -0.3 is 0 Å². The van der Waals surface area contributed by atoms with Crippen molar-refractivity contribution in [2.24, 2.45) is 17.8 Å². The van der Waals surface area contributed by atoms with Crippen LogP contribution in [0.25, 0.3) is 0 Å². The summed E-state index contributed by atoms with van der Waals surface area (Å²) in [5.41, 5.74) is 0. The molecule has 0 spiro atoms. The molecule has 2 heterocycles. The maximum atomic E-state index is 11.4. The zero-order valence-electron chi connectivity index (χ0n) is 8.40. The number of rotatable bonds is 2. The SMILES string of the molecule is CC(C)[C@@H]1[C@@H]2C[C@H]1N(S(C)(=O)=O)C2. The van der Waals surface area contributed by atoms with E-state index < -0.39 is 10.0 Å². The van der Waals surface area contributed by atoms with Gasteiger partial charge in [-0.25, -0.2) is 8.42 Å². The molecule has 3 fully saturated rings. The summed E-state index contributed by atoms with van der Waals surface area (Å²) in [7, 11) is -2.94. The lowest BCUT2D eigenvalue weighted by atomic mass is 9.68. The Morgan fingerprint density at radius 2 is 2.00 bits per heavy atom. The minimum atomic E-state index is -2.94. The minimum Gasteiger partial charge on any atom is -0.212 e. The Kier molecular flexibility index (Phi) is 1.97. The van der Waals surface area contributed by atoms with Crippen LogP contribution in [0.5, 0.6) is 0 Å². The number of fused-ring (bicyclic) bond motifs is 1. The van der Waals surface area contributed by atoms with E-state index in [4.69, 9.17) is 0 Å². The van der Waals surface area contributed by atoms with Crippen molar-refractivity contribution in [3.05, 3.63) is 0 Å². The van der Waals surface area contributed by atoms with Crippen molar-refractivity contribution >= 4 is 10.0 Å². The first kappa shape index (κ1) is 9.46. The van der Waals surface area contributed by atoms with Crippen LogP contribution in [0.4, 0.5) is 0 Å². The van der Waals surface area contributed by atoms with Gasteiger partial charge in [-0.15, -0.1) is 0 Å². The molecular weight excluding hydrogens is 186 g/mol. The van der Waals surface area contributed by atoms with E-state index in [1.54, 1.807) is 4.31 Å². The van der Waals surface area contributed by atoms with E-state index in [2.05, 4.69) is 13.8 Å². The van der Waals surface area contributed by atoms with Crippen LogP contribution in [0.2, 0.25) is 0 Å². The molecule has 0 aromatic carbocycles. The van der Waals surface area contributed by atoms with Gasteiger partial charge >= 0.3 is 0 Å². The van der Waals surface area contributed by atoms with E-state index in [0.29, 0.717) is 23.8 Å². The largest absolute Gasteiger partial charge is 0.212 e. The van der Waals surface area contributed by atoms with Crippen molar-refractivity contribution < 1.29 is 8.42 Å². The Hall–Kier alpha value is -0.0900. The Labute approximate surface area is 80.2 Å². The topological polar surface area (TPSA) is 37.4 Å². The molecule has 76 valence electrons. The molecule has 3 atom stereocenters. The first-order valence-electron chi connectivity index (χ1n) is 4.88. The van der Waals surface area contributed by atoms with Gasteiger partial charge in [0.05, 0.1) is 6.26 Å². The number of sulfonamides is 1. The van der Waals surface area contributed by atoms with Gasteiger partial charge in [-0.3, -0.25) is 0 Å². The predicted molar refractivity (Wildman–Crippen MR) is 51.8 cm³/mol. The third kappa shape index (κ3) is 1.31. The summed E-state index contributed by atoms with van der Waals surface area (Å²) in [6, 6.07) is 0.319. The van der Waals surface area contributed by atoms with Gasteiger partial charge in [-0.05, 0) is 24.2 Å². The van der Waals surface area contributed by atoms with Gasteiger partial charge in [-0.2, -0.15) is 4.31 Å². The number of hydrogen-bond donors (Lipinski definition) is 0. The van der Waals surface area contributed by atoms with Crippen LogP contribution < -0.4 is 0 Å². The summed E-state index contributed by atoms with van der Waals surface area (Å²) in [6.45, 7) is 5.15. The minimum absolute atomic E-state index is 0.319. The third-order valence-corrected chi connectivity index (χ3v) is 4.78. The first-order chi connectivity index (χ1) is 5.91. The summed E-state index contributed by atoms with van der Waals surface area (Å²) in [4.78, 5) is 0. The summed E-state index contributed by atoms with van der Waals surface area (Å²) in [5, 5.41) is 0. The maximum absolute atomic E-state index is 11.4. The highest BCUT2D eigenvalue weighted by molar-refractivity contribution is 7.88. The lowest BCUT2D eigenvalue weighted by Gasteiger charge is -2.39. The Morgan fingerprint density at radius 1 is 1.38 bits per heavy atom. The van der Waals surface area contributed by atoms with Gasteiger partial charge in [-0.1, -0.05) is 13.8 Å². The Morgan fingerprint density at radius 3 is 2.31 bits per heavy atom. The molecule has 3 nitrogen and oxygen atoms in total. The third-order valence-electron chi connectivity index (χ3n) is 3.51. The van der Waals surface area contributed by atoms with E-state index in [1.165, 1.54) is 6.26 Å². The molecular formula is C9H17NO2S. The molecule has 1 saturated carbocycles. The number of hydrogen-bond acceptors (Lipinski definition) is 2. The first-order valence-corrected chi connectivity index (χ1v) is 6.73. The van der Waals surface area contributed by atoms with Gasteiger partial charge in [0.2, 0.25) is 10.0 Å². The van der Waals surface area contributed by atoms with Crippen molar-refractivity contribution in [1.29, 1.82) is 0 Å². The fourth-order valence-electron chi connectivity index (χ4n) is 2.99. The monoisotopic (exact) mass is 203 g/mol. The van der Waals surface area contributed by atoms with Gasteiger partial charge in [0.15, 0.2) is 0 Å². The summed E-state index contributed by atoms with van der Waals surface area (Å²) in [6.07, 6.45) is 2.42. The van der Waals surface area contributed by atoms with Crippen LogP contribution in [0, 0.1) is 17.8 Å². The quantitative estimate of drug-likeness (QED) is 0.669. The molecule has 0 amide bonds. The molecule has 2 aliphatic heterocycles. The van der Waals surface area contributed by atoms with Crippen LogP contribution >= 0.6 is 0 Å². The highest BCUT2D eigenvalue weighted by atomic mass is 32.2. The second-order valence-corrected chi connectivity index (χ2v) is 6.65. The van der Waals surface area contributed by atoms with Crippen LogP contribution in [-0.4, -0.2) is 31.6 Å². The van der Waals surface area contributed by atoms with E-state index in [0.717, 1.165) is 13.0 Å². The van der Waals surface area contributed by atoms with E-state index >= 15 is 0 Å². The lowest BCUT2D eigenvalue weighted by molar-refractivity contribution is 0.136. The van der Waals surface area contributed by atoms with Gasteiger partial charge in [0.25, 0.3) is 0 Å². The molecule has 0 unspecified atom stereocenters. The van der Waals surface area contributed by atoms with E-state index in [9.17, 15) is 8.42 Å². The molecule has 0 radical (unpaired) electrons. The predicted octanol–water partition coefficient (Wildman–Crippen LogP) is 0.922. The molecule has 0 N–H and O–H groups in total. The zero-order chi connectivity index (χ0) is 9.80. The van der Waals surface area contributed by atoms with E-state index in [1.807, 2.05) is 0 Å². The molecule has 2 bridgehead atoms. The van der Waals surface area contributed by atoms with Crippen LogP contribution in [-0.2, 0) is 10.0 Å². The molecule has 13 heavy (non-hydrogen) atoms. The summed E-state index contributed by atoms with van der Waals surface area (Å²) >= 11 is 0. The molecule has 3 aliphatic rings. The zero-order valence-corrected chi connectivity index (χ0v) is 9.21. The summed E-state index contributed by atoms with van der Waals surface area (Å²) in [5.74, 6) is 1.88. The normalized spacial score (nSPS) is 39.5. The van der Waals surface area contributed by atoms with Crippen molar-refractivity contribution in [3.8, 4) is 0 Å². The molecule has 0 aromatic heterocycles. The van der Waals surface area contributed by atoms with Crippen LogP contribution in [0.1, 0.15) is 20.3 Å². The molecule has 2 saturated heterocycles. The Balaban J connectivity index is 2.16. The Bertz CT molecular complexity index is 310. The van der Waals surface area contributed by atoms with Crippen molar-refractivity contribution in [3.63, 3.8) is 0 Å². The van der Waals surface area contributed by atoms with Crippen molar-refractivity contribution in [1.82, 2.24) is 4.31 Å². The van der Waals surface area contributed by atoms with E-state index in [-0.39, 0.29) is 0 Å². The average molecular weight is 203 g/mol.